The molecule has 0 aliphatic carbocycles. The van der Waals surface area contributed by atoms with Gasteiger partial charge in [0.05, 0.1) is 18.8 Å². The first-order valence-electron chi connectivity index (χ1n) is 6.51. The smallest absolute Gasteiger partial charge is 0.328 e. The molecule has 2 N–H and O–H groups in total. The van der Waals surface area contributed by atoms with Gasteiger partial charge in [0, 0.05) is 5.75 Å². The van der Waals surface area contributed by atoms with Crippen LogP contribution >= 0.6 is 11.8 Å². The molecule has 20 heavy (non-hydrogen) atoms. The Morgan fingerprint density at radius 1 is 1.30 bits per heavy atom. The van der Waals surface area contributed by atoms with Gasteiger partial charge in [0.2, 0.25) is 5.91 Å². The molecule has 0 bridgehead atoms. The van der Waals surface area contributed by atoms with Crippen LogP contribution < -0.4 is 5.32 Å². The summed E-state index contributed by atoms with van der Waals surface area (Å²) in [5.74, 6) is -1.67. The zero-order valence-corrected chi connectivity index (χ0v) is 13.2. The molecule has 0 aromatic heterocycles. The van der Waals surface area contributed by atoms with Crippen LogP contribution in [0.15, 0.2) is 0 Å². The number of methoxy groups -OCH3 is 1. The van der Waals surface area contributed by atoms with Crippen molar-refractivity contribution in [2.24, 2.45) is 11.8 Å². The number of carboxylic acid groups (broad SMARTS) is 1. The molecule has 0 aromatic carbocycles. The fraction of sp³-hybridized carbons (Fsp3) is 0.769. The first-order chi connectivity index (χ1) is 9.33. The molecule has 0 radical (unpaired) electrons. The minimum absolute atomic E-state index is 0.0191. The molecule has 3 atom stereocenters. The van der Waals surface area contributed by atoms with Gasteiger partial charge in [0.15, 0.2) is 0 Å². The van der Waals surface area contributed by atoms with Crippen molar-refractivity contribution in [1.29, 1.82) is 0 Å². The molecule has 3 unspecified atom stereocenters. The lowest BCUT2D eigenvalue weighted by Gasteiger charge is -2.21. The van der Waals surface area contributed by atoms with E-state index in [0.717, 1.165) is 6.42 Å². The molecular formula is C13H23NO5S. The Morgan fingerprint density at radius 3 is 2.35 bits per heavy atom. The van der Waals surface area contributed by atoms with Gasteiger partial charge in [-0.1, -0.05) is 27.2 Å². The zero-order chi connectivity index (χ0) is 15.7. The van der Waals surface area contributed by atoms with Gasteiger partial charge in [-0.15, -0.1) is 0 Å². The number of aliphatic carboxylic acids is 1. The molecule has 0 saturated heterocycles. The lowest BCUT2D eigenvalue weighted by Crippen LogP contribution is -2.46. The Kier molecular flexibility index (Phi) is 9.03. The maximum atomic E-state index is 11.8. The Morgan fingerprint density at radius 2 is 1.90 bits per heavy atom. The summed E-state index contributed by atoms with van der Waals surface area (Å²) in [6, 6.07) is -0.657. The number of carbonyl (C=O) groups excluding carboxylic acids is 2. The molecule has 0 aliphatic heterocycles. The highest BCUT2D eigenvalue weighted by molar-refractivity contribution is 7.99. The van der Waals surface area contributed by atoms with E-state index in [1.54, 1.807) is 6.92 Å². The van der Waals surface area contributed by atoms with Crippen LogP contribution in [0, 0.1) is 11.8 Å². The number of hydrogen-bond acceptors (Lipinski definition) is 5. The average molecular weight is 305 g/mol. The van der Waals surface area contributed by atoms with Crippen LogP contribution in [0.25, 0.3) is 0 Å². The highest BCUT2D eigenvalue weighted by Gasteiger charge is 2.26. The van der Waals surface area contributed by atoms with Gasteiger partial charge in [-0.3, -0.25) is 9.59 Å². The van der Waals surface area contributed by atoms with Gasteiger partial charge >= 0.3 is 11.9 Å². The van der Waals surface area contributed by atoms with Gasteiger partial charge in [0.1, 0.15) is 6.04 Å². The molecule has 0 aliphatic rings. The third-order valence-corrected chi connectivity index (χ3v) is 4.21. The summed E-state index contributed by atoms with van der Waals surface area (Å²) in [6.45, 7) is 5.38. The van der Waals surface area contributed by atoms with E-state index in [-0.39, 0.29) is 17.6 Å². The second-order valence-corrected chi connectivity index (χ2v) is 5.74. The average Bonchev–Trinajstić information content (AvgIpc) is 2.42. The molecule has 7 heteroatoms. The van der Waals surface area contributed by atoms with E-state index in [2.05, 4.69) is 10.1 Å². The second kappa shape index (κ2) is 9.63. The molecular weight excluding hydrogens is 282 g/mol. The maximum Gasteiger partial charge on any atom is 0.328 e. The van der Waals surface area contributed by atoms with Gasteiger partial charge in [-0.05, 0) is 5.92 Å². The molecule has 0 aromatic rings. The van der Waals surface area contributed by atoms with Crippen molar-refractivity contribution in [2.45, 2.75) is 33.2 Å². The molecule has 0 heterocycles. The Hall–Kier alpha value is -1.24. The highest BCUT2D eigenvalue weighted by Crippen LogP contribution is 2.11. The summed E-state index contributed by atoms with van der Waals surface area (Å²) in [7, 11) is 1.28. The van der Waals surface area contributed by atoms with Crippen molar-refractivity contribution in [2.75, 3.05) is 18.6 Å². The van der Waals surface area contributed by atoms with Crippen LogP contribution in [-0.2, 0) is 19.1 Å². The molecule has 0 rings (SSSR count). The van der Waals surface area contributed by atoms with E-state index in [0.29, 0.717) is 5.75 Å². The van der Waals surface area contributed by atoms with Crippen LogP contribution in [0.3, 0.4) is 0 Å². The number of nitrogens with one attached hydrogen (secondary N) is 1. The number of hydrogen-bond donors (Lipinski definition) is 2. The summed E-state index contributed by atoms with van der Waals surface area (Å²) in [5, 5.41) is 11.4. The van der Waals surface area contributed by atoms with E-state index in [1.165, 1.54) is 18.9 Å². The van der Waals surface area contributed by atoms with Crippen molar-refractivity contribution in [3.63, 3.8) is 0 Å². The standard InChI is InChI=1S/C13H23NO5S/c1-5-8(2)11(13(18)19-4)14-10(15)7-20-6-9(3)12(16)17/h8-9,11H,5-7H2,1-4H3,(H,14,15)(H,16,17). The van der Waals surface area contributed by atoms with Crippen molar-refractivity contribution in [3.05, 3.63) is 0 Å². The number of rotatable bonds is 9. The predicted octanol–water partition coefficient (Wildman–Crippen LogP) is 1.14. The first kappa shape index (κ1) is 18.8. The molecule has 116 valence electrons. The van der Waals surface area contributed by atoms with Gasteiger partial charge in [0.25, 0.3) is 0 Å². The third kappa shape index (κ3) is 6.79. The van der Waals surface area contributed by atoms with E-state index < -0.39 is 23.9 Å². The van der Waals surface area contributed by atoms with Crippen LogP contribution in [-0.4, -0.2) is 47.6 Å². The monoisotopic (exact) mass is 305 g/mol. The summed E-state index contributed by atoms with van der Waals surface area (Å²) in [5.41, 5.74) is 0. The number of thioether (sulfide) groups is 1. The van der Waals surface area contributed by atoms with E-state index >= 15 is 0 Å². The lowest BCUT2D eigenvalue weighted by molar-refractivity contribution is -0.146. The number of amides is 1. The molecule has 1 amide bonds. The number of esters is 1. The molecule has 6 nitrogen and oxygen atoms in total. The van der Waals surface area contributed by atoms with Gasteiger partial charge < -0.3 is 15.2 Å². The van der Waals surface area contributed by atoms with E-state index in [1.807, 2.05) is 13.8 Å². The topological polar surface area (TPSA) is 92.7 Å². The highest BCUT2D eigenvalue weighted by atomic mass is 32.2. The first-order valence-corrected chi connectivity index (χ1v) is 7.66. The van der Waals surface area contributed by atoms with Crippen LogP contribution in [0.5, 0.6) is 0 Å². The number of ether oxygens (including phenoxy) is 1. The summed E-state index contributed by atoms with van der Waals surface area (Å²) in [4.78, 5) is 34.0. The summed E-state index contributed by atoms with van der Waals surface area (Å²) >= 11 is 1.23. The maximum absolute atomic E-state index is 11.8. The van der Waals surface area contributed by atoms with Crippen LogP contribution in [0.1, 0.15) is 27.2 Å². The lowest BCUT2D eigenvalue weighted by atomic mass is 9.99. The normalized spacial score (nSPS) is 15.0. The fourth-order valence-corrected chi connectivity index (χ4v) is 2.29. The van der Waals surface area contributed by atoms with Crippen molar-refractivity contribution in [3.8, 4) is 0 Å². The summed E-state index contributed by atoms with van der Waals surface area (Å²) < 4.78 is 4.67. The van der Waals surface area contributed by atoms with Crippen molar-refractivity contribution in [1.82, 2.24) is 5.32 Å². The van der Waals surface area contributed by atoms with E-state index in [9.17, 15) is 14.4 Å². The number of carbonyl (C=O) groups is 3. The largest absolute Gasteiger partial charge is 0.481 e. The van der Waals surface area contributed by atoms with Crippen LogP contribution in [0.4, 0.5) is 0 Å². The minimum atomic E-state index is -0.884. The van der Waals surface area contributed by atoms with E-state index in [4.69, 9.17) is 5.11 Å². The fourth-order valence-electron chi connectivity index (χ4n) is 1.41. The zero-order valence-electron chi connectivity index (χ0n) is 12.3. The molecule has 0 spiro atoms. The molecule has 0 saturated carbocycles. The van der Waals surface area contributed by atoms with Gasteiger partial charge in [-0.25, -0.2) is 4.79 Å². The third-order valence-electron chi connectivity index (χ3n) is 3.01. The SMILES string of the molecule is CCC(C)C(NC(=O)CSCC(C)C(=O)O)C(=O)OC. The number of carboxylic acids is 1. The second-order valence-electron chi connectivity index (χ2n) is 4.71. The predicted molar refractivity (Wildman–Crippen MR) is 77.5 cm³/mol. The Labute approximate surface area is 123 Å². The van der Waals surface area contributed by atoms with Crippen molar-refractivity contribution < 1.29 is 24.2 Å². The van der Waals surface area contributed by atoms with Gasteiger partial charge in [-0.2, -0.15) is 11.8 Å². The Bertz CT molecular complexity index is 348. The minimum Gasteiger partial charge on any atom is -0.481 e. The molecule has 0 fully saturated rings. The van der Waals surface area contributed by atoms with Crippen LogP contribution in [0.2, 0.25) is 0 Å². The van der Waals surface area contributed by atoms with Crippen molar-refractivity contribution >= 4 is 29.6 Å². The quantitative estimate of drug-likeness (QED) is 0.621. The Balaban J connectivity index is 4.26. The summed E-state index contributed by atoms with van der Waals surface area (Å²) in [6.07, 6.45) is 0.739.